The first kappa shape index (κ1) is 9.01. The molecule has 0 spiro atoms. The van der Waals surface area contributed by atoms with Gasteiger partial charge in [-0.1, -0.05) is 6.92 Å². The third-order valence-electron chi connectivity index (χ3n) is 2.54. The predicted octanol–water partition coefficient (Wildman–Crippen LogP) is 0.923. The number of hydrogen-bond donors (Lipinski definition) is 1. The molecular weight excluding hydrogens is 136 g/mol. The van der Waals surface area contributed by atoms with Gasteiger partial charge in [-0.25, -0.2) is 0 Å². The molecule has 2 N–H and O–H groups in total. The van der Waals surface area contributed by atoms with Crippen molar-refractivity contribution in [3.63, 3.8) is 0 Å². The van der Waals surface area contributed by atoms with Gasteiger partial charge in [0.05, 0.1) is 0 Å². The molecule has 1 aliphatic rings. The molecule has 0 amide bonds. The van der Waals surface area contributed by atoms with Crippen LogP contribution >= 0.6 is 0 Å². The summed E-state index contributed by atoms with van der Waals surface area (Å²) in [5, 5.41) is 0. The largest absolute Gasteiger partial charge is 0.329 e. The Morgan fingerprint density at radius 3 is 2.64 bits per heavy atom. The molecular formula is C9H20N2. The monoisotopic (exact) mass is 156 g/mol. The molecule has 2 heteroatoms. The zero-order chi connectivity index (χ0) is 8.27. The molecule has 0 bridgehead atoms. The van der Waals surface area contributed by atoms with Crippen molar-refractivity contribution in [3.05, 3.63) is 0 Å². The average Bonchev–Trinajstić information content (AvgIpc) is 2.67. The van der Waals surface area contributed by atoms with Crippen molar-refractivity contribution in [2.75, 3.05) is 26.7 Å². The molecule has 1 aliphatic carbocycles. The number of likely N-dealkylation sites (N-methyl/N-ethyl adjacent to an activating group) is 1. The van der Waals surface area contributed by atoms with Gasteiger partial charge in [0.1, 0.15) is 0 Å². The van der Waals surface area contributed by atoms with Crippen molar-refractivity contribution in [3.8, 4) is 0 Å². The number of rotatable bonds is 5. The van der Waals surface area contributed by atoms with Gasteiger partial charge in [-0.3, -0.25) is 0 Å². The van der Waals surface area contributed by atoms with E-state index in [4.69, 9.17) is 5.73 Å². The van der Waals surface area contributed by atoms with Gasteiger partial charge in [0, 0.05) is 19.6 Å². The Morgan fingerprint density at radius 1 is 1.55 bits per heavy atom. The van der Waals surface area contributed by atoms with E-state index in [2.05, 4.69) is 18.9 Å². The average molecular weight is 156 g/mol. The fraction of sp³-hybridized carbons (Fsp3) is 1.00. The lowest BCUT2D eigenvalue weighted by atomic mass is 10.1. The fourth-order valence-electron chi connectivity index (χ4n) is 1.62. The lowest BCUT2D eigenvalue weighted by Gasteiger charge is -2.19. The first-order valence-electron chi connectivity index (χ1n) is 4.62. The smallest absolute Gasteiger partial charge is 0.0102 e. The Kier molecular flexibility index (Phi) is 3.34. The standard InChI is InChI=1S/C9H20N2/c1-8(9-3-4-9)7-11(2)6-5-10/h8-9H,3-7,10H2,1-2H3. The Labute approximate surface area is 69.8 Å². The third kappa shape index (κ3) is 3.21. The van der Waals surface area contributed by atoms with E-state index < -0.39 is 0 Å². The summed E-state index contributed by atoms with van der Waals surface area (Å²) in [6.07, 6.45) is 2.91. The zero-order valence-corrected chi connectivity index (χ0v) is 7.71. The van der Waals surface area contributed by atoms with Gasteiger partial charge >= 0.3 is 0 Å². The van der Waals surface area contributed by atoms with E-state index in [0.717, 1.165) is 24.9 Å². The van der Waals surface area contributed by atoms with E-state index >= 15 is 0 Å². The number of nitrogens with zero attached hydrogens (tertiary/aromatic N) is 1. The first-order chi connectivity index (χ1) is 5.24. The minimum atomic E-state index is 0.786. The second-order valence-corrected chi connectivity index (χ2v) is 3.87. The summed E-state index contributed by atoms with van der Waals surface area (Å²) in [7, 11) is 2.16. The second-order valence-electron chi connectivity index (χ2n) is 3.87. The van der Waals surface area contributed by atoms with Gasteiger partial charge in [0.15, 0.2) is 0 Å². The normalized spacial score (nSPS) is 20.7. The van der Waals surface area contributed by atoms with Crippen LogP contribution in [0.2, 0.25) is 0 Å². The molecule has 0 aromatic carbocycles. The SMILES string of the molecule is CC(CN(C)CCN)C1CC1. The minimum absolute atomic E-state index is 0.786. The van der Waals surface area contributed by atoms with Crippen LogP contribution in [0.1, 0.15) is 19.8 Å². The van der Waals surface area contributed by atoms with E-state index in [1.807, 2.05) is 0 Å². The molecule has 1 saturated carbocycles. The van der Waals surface area contributed by atoms with Crippen molar-refractivity contribution >= 4 is 0 Å². The van der Waals surface area contributed by atoms with Crippen LogP contribution in [0.4, 0.5) is 0 Å². The Hall–Kier alpha value is -0.0800. The number of nitrogens with two attached hydrogens (primary N) is 1. The summed E-state index contributed by atoms with van der Waals surface area (Å²) >= 11 is 0. The summed E-state index contributed by atoms with van der Waals surface area (Å²) in [6.45, 7) is 5.40. The summed E-state index contributed by atoms with van der Waals surface area (Å²) in [5.74, 6) is 1.90. The van der Waals surface area contributed by atoms with Gasteiger partial charge in [-0.15, -0.1) is 0 Å². The van der Waals surface area contributed by atoms with Crippen LogP contribution in [-0.2, 0) is 0 Å². The maximum absolute atomic E-state index is 5.46. The summed E-state index contributed by atoms with van der Waals surface area (Å²) in [5.41, 5.74) is 5.46. The van der Waals surface area contributed by atoms with Crippen LogP contribution in [0.25, 0.3) is 0 Å². The predicted molar refractivity (Wildman–Crippen MR) is 48.4 cm³/mol. The van der Waals surface area contributed by atoms with Crippen LogP contribution in [0.15, 0.2) is 0 Å². The molecule has 1 atom stereocenters. The Bertz CT molecular complexity index is 110. The van der Waals surface area contributed by atoms with Gasteiger partial charge in [0.2, 0.25) is 0 Å². The lowest BCUT2D eigenvalue weighted by molar-refractivity contribution is 0.277. The van der Waals surface area contributed by atoms with Crippen molar-refractivity contribution in [1.82, 2.24) is 4.90 Å². The van der Waals surface area contributed by atoms with Gasteiger partial charge in [-0.05, 0) is 31.7 Å². The molecule has 0 aromatic rings. The molecule has 11 heavy (non-hydrogen) atoms. The van der Waals surface area contributed by atoms with Crippen LogP contribution in [0.3, 0.4) is 0 Å². The summed E-state index contributed by atoms with van der Waals surface area (Å²) in [4.78, 5) is 2.34. The van der Waals surface area contributed by atoms with E-state index in [0.29, 0.717) is 0 Å². The van der Waals surface area contributed by atoms with E-state index in [1.165, 1.54) is 19.4 Å². The lowest BCUT2D eigenvalue weighted by Crippen LogP contribution is -2.30. The highest BCUT2D eigenvalue weighted by molar-refractivity contribution is 4.80. The molecule has 0 aliphatic heterocycles. The van der Waals surface area contributed by atoms with Crippen molar-refractivity contribution in [1.29, 1.82) is 0 Å². The van der Waals surface area contributed by atoms with Crippen LogP contribution < -0.4 is 5.73 Å². The fourth-order valence-corrected chi connectivity index (χ4v) is 1.62. The van der Waals surface area contributed by atoms with Gasteiger partial charge in [-0.2, -0.15) is 0 Å². The molecule has 0 radical (unpaired) electrons. The topological polar surface area (TPSA) is 29.3 Å². The second kappa shape index (κ2) is 4.07. The highest BCUT2D eigenvalue weighted by Gasteiger charge is 2.28. The molecule has 0 aromatic heterocycles. The van der Waals surface area contributed by atoms with E-state index in [-0.39, 0.29) is 0 Å². The maximum atomic E-state index is 5.46. The Morgan fingerprint density at radius 2 is 2.18 bits per heavy atom. The minimum Gasteiger partial charge on any atom is -0.329 e. The molecule has 1 unspecified atom stereocenters. The quantitative estimate of drug-likeness (QED) is 0.641. The molecule has 2 nitrogen and oxygen atoms in total. The molecule has 0 saturated heterocycles. The highest BCUT2D eigenvalue weighted by Crippen LogP contribution is 2.36. The number of hydrogen-bond acceptors (Lipinski definition) is 2. The maximum Gasteiger partial charge on any atom is 0.0102 e. The summed E-state index contributed by atoms with van der Waals surface area (Å²) < 4.78 is 0. The Balaban J connectivity index is 2.07. The van der Waals surface area contributed by atoms with Crippen molar-refractivity contribution in [2.45, 2.75) is 19.8 Å². The molecule has 1 rings (SSSR count). The van der Waals surface area contributed by atoms with Crippen molar-refractivity contribution in [2.24, 2.45) is 17.6 Å². The van der Waals surface area contributed by atoms with E-state index in [9.17, 15) is 0 Å². The van der Waals surface area contributed by atoms with Crippen LogP contribution in [0.5, 0.6) is 0 Å². The molecule has 66 valence electrons. The summed E-state index contributed by atoms with van der Waals surface area (Å²) in [6, 6.07) is 0. The third-order valence-corrected chi connectivity index (χ3v) is 2.54. The van der Waals surface area contributed by atoms with Crippen LogP contribution in [0, 0.1) is 11.8 Å². The van der Waals surface area contributed by atoms with Crippen LogP contribution in [-0.4, -0.2) is 31.6 Å². The van der Waals surface area contributed by atoms with E-state index in [1.54, 1.807) is 0 Å². The van der Waals surface area contributed by atoms with Gasteiger partial charge in [0.25, 0.3) is 0 Å². The zero-order valence-electron chi connectivity index (χ0n) is 7.71. The van der Waals surface area contributed by atoms with Gasteiger partial charge < -0.3 is 10.6 Å². The molecule has 0 heterocycles. The van der Waals surface area contributed by atoms with Crippen molar-refractivity contribution < 1.29 is 0 Å². The first-order valence-corrected chi connectivity index (χ1v) is 4.62. The molecule has 1 fully saturated rings. The highest BCUT2D eigenvalue weighted by atomic mass is 15.1.